The van der Waals surface area contributed by atoms with Crippen molar-refractivity contribution < 1.29 is 14.7 Å². The Morgan fingerprint density at radius 2 is 2.00 bits per heavy atom. The van der Waals surface area contributed by atoms with Crippen LogP contribution in [0.5, 0.6) is 0 Å². The number of rotatable bonds is 6. The van der Waals surface area contributed by atoms with Crippen molar-refractivity contribution in [3.05, 3.63) is 35.4 Å². The summed E-state index contributed by atoms with van der Waals surface area (Å²) in [7, 11) is 0. The van der Waals surface area contributed by atoms with Crippen LogP contribution in [-0.4, -0.2) is 35.0 Å². The topological polar surface area (TPSA) is 57.6 Å². The van der Waals surface area contributed by atoms with Crippen LogP contribution in [-0.2, 0) is 11.2 Å². The maximum absolute atomic E-state index is 12.3. The van der Waals surface area contributed by atoms with E-state index in [4.69, 9.17) is 5.11 Å². The minimum absolute atomic E-state index is 0.225. The number of benzene rings is 1. The van der Waals surface area contributed by atoms with Crippen molar-refractivity contribution in [1.29, 1.82) is 0 Å². The Hall–Kier alpha value is -1.84. The van der Waals surface area contributed by atoms with E-state index in [0.29, 0.717) is 18.8 Å². The molecule has 1 aromatic carbocycles. The molecule has 4 heteroatoms. The highest BCUT2D eigenvalue weighted by Gasteiger charge is 2.22. The molecule has 1 aliphatic heterocycles. The molecule has 1 N–H and O–H groups in total. The van der Waals surface area contributed by atoms with Crippen molar-refractivity contribution >= 4 is 11.9 Å². The van der Waals surface area contributed by atoms with E-state index < -0.39 is 5.97 Å². The van der Waals surface area contributed by atoms with E-state index in [2.05, 4.69) is 6.92 Å². The fraction of sp³-hybridized carbons (Fsp3) is 0.556. The van der Waals surface area contributed by atoms with Crippen LogP contribution >= 0.6 is 0 Å². The highest BCUT2D eigenvalue weighted by atomic mass is 16.4. The summed E-state index contributed by atoms with van der Waals surface area (Å²) in [6, 6.07) is 6.79. The lowest BCUT2D eigenvalue weighted by Gasteiger charge is -2.32. The van der Waals surface area contributed by atoms with Crippen LogP contribution in [0.4, 0.5) is 0 Å². The highest BCUT2D eigenvalue weighted by molar-refractivity contribution is 5.87. The Bertz CT molecular complexity index is 508. The van der Waals surface area contributed by atoms with Crippen LogP contribution in [0.15, 0.2) is 24.3 Å². The second-order valence-electron chi connectivity index (χ2n) is 6.14. The zero-order valence-corrected chi connectivity index (χ0v) is 13.3. The molecule has 1 heterocycles. The minimum Gasteiger partial charge on any atom is -0.478 e. The third kappa shape index (κ3) is 4.58. The molecule has 0 spiro atoms. The maximum Gasteiger partial charge on any atom is 0.335 e. The predicted octanol–water partition coefficient (Wildman–Crippen LogP) is 3.36. The fourth-order valence-electron chi connectivity index (χ4n) is 3.16. The lowest BCUT2D eigenvalue weighted by atomic mass is 9.93. The van der Waals surface area contributed by atoms with Gasteiger partial charge < -0.3 is 10.0 Å². The molecule has 22 heavy (non-hydrogen) atoms. The smallest absolute Gasteiger partial charge is 0.335 e. The number of nitrogens with zero attached hydrogens (tertiary/aromatic N) is 1. The zero-order valence-electron chi connectivity index (χ0n) is 13.3. The van der Waals surface area contributed by atoms with Crippen molar-refractivity contribution in [3.63, 3.8) is 0 Å². The second-order valence-corrected chi connectivity index (χ2v) is 6.14. The third-order valence-electron chi connectivity index (χ3n) is 4.40. The summed E-state index contributed by atoms with van der Waals surface area (Å²) in [5.74, 6) is -0.0291. The number of hydrogen-bond acceptors (Lipinski definition) is 2. The summed E-state index contributed by atoms with van der Waals surface area (Å²) >= 11 is 0. The van der Waals surface area contributed by atoms with E-state index in [0.717, 1.165) is 25.1 Å². The van der Waals surface area contributed by atoms with Crippen molar-refractivity contribution in [2.75, 3.05) is 13.1 Å². The van der Waals surface area contributed by atoms with Gasteiger partial charge in [-0.15, -0.1) is 0 Å². The van der Waals surface area contributed by atoms with Gasteiger partial charge >= 0.3 is 5.97 Å². The fourth-order valence-corrected chi connectivity index (χ4v) is 3.16. The molecule has 0 saturated carbocycles. The van der Waals surface area contributed by atoms with Crippen LogP contribution in [0, 0.1) is 5.92 Å². The quantitative estimate of drug-likeness (QED) is 0.876. The molecule has 1 saturated heterocycles. The molecule has 0 aromatic heterocycles. The lowest BCUT2D eigenvalue weighted by molar-refractivity contribution is -0.133. The standard InChI is InChI=1S/C18H25NO3/c1-2-4-15-5-3-12-19(13-15)17(20)11-8-14-6-9-16(10-7-14)18(21)22/h6-7,9-10,15H,2-5,8,11-13H2,1H3,(H,21,22). The maximum atomic E-state index is 12.3. The summed E-state index contributed by atoms with van der Waals surface area (Å²) < 4.78 is 0. The molecular weight excluding hydrogens is 278 g/mol. The molecule has 120 valence electrons. The van der Waals surface area contributed by atoms with Gasteiger partial charge in [-0.3, -0.25) is 4.79 Å². The first-order valence-electron chi connectivity index (χ1n) is 8.20. The minimum atomic E-state index is -0.919. The molecule has 1 unspecified atom stereocenters. The molecule has 0 aliphatic carbocycles. The highest BCUT2D eigenvalue weighted by Crippen LogP contribution is 2.21. The van der Waals surface area contributed by atoms with Gasteiger partial charge in [0.15, 0.2) is 0 Å². The lowest BCUT2D eigenvalue weighted by Crippen LogP contribution is -2.40. The molecule has 2 rings (SSSR count). The Balaban J connectivity index is 1.83. The number of carboxylic acids is 1. The van der Waals surface area contributed by atoms with Gasteiger partial charge in [0.05, 0.1) is 5.56 Å². The summed E-state index contributed by atoms with van der Waals surface area (Å²) in [6.45, 7) is 3.99. The Morgan fingerprint density at radius 3 is 2.64 bits per heavy atom. The number of carbonyl (C=O) groups is 2. The first-order chi connectivity index (χ1) is 10.6. The molecule has 1 aromatic rings. The molecular formula is C18H25NO3. The van der Waals surface area contributed by atoms with Crippen molar-refractivity contribution in [1.82, 2.24) is 4.90 Å². The van der Waals surface area contributed by atoms with Gasteiger partial charge in [-0.2, -0.15) is 0 Å². The number of hydrogen-bond donors (Lipinski definition) is 1. The second kappa shape index (κ2) is 7.97. The van der Waals surface area contributed by atoms with Gasteiger partial charge in [0.2, 0.25) is 5.91 Å². The first-order valence-corrected chi connectivity index (χ1v) is 8.20. The normalized spacial score (nSPS) is 18.2. The number of carbonyl (C=O) groups excluding carboxylic acids is 1. The Labute approximate surface area is 132 Å². The van der Waals surface area contributed by atoms with Gasteiger partial charge in [0, 0.05) is 19.5 Å². The zero-order chi connectivity index (χ0) is 15.9. The number of aromatic carboxylic acids is 1. The van der Waals surface area contributed by atoms with Crippen LogP contribution < -0.4 is 0 Å². The molecule has 1 atom stereocenters. The summed E-state index contributed by atoms with van der Waals surface area (Å²) in [4.78, 5) is 25.1. The molecule has 4 nitrogen and oxygen atoms in total. The van der Waals surface area contributed by atoms with E-state index in [1.165, 1.54) is 19.3 Å². The van der Waals surface area contributed by atoms with Crippen LogP contribution in [0.1, 0.15) is 54.9 Å². The van der Waals surface area contributed by atoms with Gasteiger partial charge in [0.1, 0.15) is 0 Å². The molecule has 1 aliphatic rings. The summed E-state index contributed by atoms with van der Waals surface area (Å²) in [6.07, 6.45) is 5.93. The Kier molecular flexibility index (Phi) is 5.99. The number of piperidine rings is 1. The van der Waals surface area contributed by atoms with E-state index in [1.54, 1.807) is 24.3 Å². The monoisotopic (exact) mass is 303 g/mol. The number of likely N-dealkylation sites (tertiary alicyclic amines) is 1. The average Bonchev–Trinajstić information content (AvgIpc) is 2.53. The van der Waals surface area contributed by atoms with E-state index >= 15 is 0 Å². The van der Waals surface area contributed by atoms with Crippen molar-refractivity contribution in [3.8, 4) is 0 Å². The van der Waals surface area contributed by atoms with E-state index in [-0.39, 0.29) is 11.5 Å². The van der Waals surface area contributed by atoms with Gasteiger partial charge in [0.25, 0.3) is 0 Å². The molecule has 1 amide bonds. The number of aryl methyl sites for hydroxylation is 1. The van der Waals surface area contributed by atoms with Crippen LogP contribution in [0.3, 0.4) is 0 Å². The van der Waals surface area contributed by atoms with Gasteiger partial charge in [-0.1, -0.05) is 25.5 Å². The van der Waals surface area contributed by atoms with E-state index in [1.807, 2.05) is 4.90 Å². The number of carboxylic acid groups (broad SMARTS) is 1. The summed E-state index contributed by atoms with van der Waals surface area (Å²) in [5.41, 5.74) is 1.30. The predicted molar refractivity (Wildman–Crippen MR) is 85.9 cm³/mol. The molecule has 0 bridgehead atoms. The summed E-state index contributed by atoms with van der Waals surface area (Å²) in [5, 5.41) is 8.87. The van der Waals surface area contributed by atoms with Crippen molar-refractivity contribution in [2.24, 2.45) is 5.92 Å². The largest absolute Gasteiger partial charge is 0.478 e. The first kappa shape index (κ1) is 16.5. The number of amides is 1. The van der Waals surface area contributed by atoms with E-state index in [9.17, 15) is 9.59 Å². The van der Waals surface area contributed by atoms with Crippen molar-refractivity contribution in [2.45, 2.75) is 45.4 Å². The van der Waals surface area contributed by atoms with Crippen LogP contribution in [0.2, 0.25) is 0 Å². The SMILES string of the molecule is CCCC1CCCN(C(=O)CCc2ccc(C(=O)O)cc2)C1. The molecule has 1 fully saturated rings. The average molecular weight is 303 g/mol. The van der Waals surface area contributed by atoms with Crippen LogP contribution in [0.25, 0.3) is 0 Å². The Morgan fingerprint density at radius 1 is 1.27 bits per heavy atom. The molecule has 0 radical (unpaired) electrons. The van der Waals surface area contributed by atoms with Gasteiger partial charge in [-0.25, -0.2) is 4.79 Å². The van der Waals surface area contributed by atoms with Gasteiger partial charge in [-0.05, 0) is 49.3 Å². The third-order valence-corrected chi connectivity index (χ3v) is 4.40.